The standard InChI is InChI=1S/C21H24N2O4/c1-26-18-9-5-6-10-19(18)27-15-20(24)23-13-11-16(12-14-23)21(25)22-17-7-3-2-4-8-17/h2-10,16H,11-15H2,1H3,(H,22,25). The van der Waals surface area contributed by atoms with Crippen molar-refractivity contribution in [3.63, 3.8) is 0 Å². The molecule has 1 saturated heterocycles. The highest BCUT2D eigenvalue weighted by Crippen LogP contribution is 2.26. The van der Waals surface area contributed by atoms with Crippen molar-refractivity contribution in [2.45, 2.75) is 12.8 Å². The van der Waals surface area contributed by atoms with Crippen molar-refractivity contribution in [2.75, 3.05) is 32.1 Å². The zero-order chi connectivity index (χ0) is 19.1. The smallest absolute Gasteiger partial charge is 0.260 e. The van der Waals surface area contributed by atoms with Gasteiger partial charge in [0.15, 0.2) is 18.1 Å². The van der Waals surface area contributed by atoms with E-state index in [1.807, 2.05) is 42.5 Å². The molecule has 1 aliphatic heterocycles. The van der Waals surface area contributed by atoms with Gasteiger partial charge in [-0.1, -0.05) is 30.3 Å². The van der Waals surface area contributed by atoms with E-state index in [9.17, 15) is 9.59 Å². The number of rotatable bonds is 6. The second-order valence-corrected chi connectivity index (χ2v) is 6.45. The number of carbonyl (C=O) groups is 2. The van der Waals surface area contributed by atoms with Crippen LogP contribution < -0.4 is 14.8 Å². The zero-order valence-electron chi connectivity index (χ0n) is 15.4. The van der Waals surface area contributed by atoms with Crippen molar-refractivity contribution in [1.29, 1.82) is 0 Å². The Balaban J connectivity index is 1.45. The Morgan fingerprint density at radius 2 is 1.63 bits per heavy atom. The lowest BCUT2D eigenvalue weighted by molar-refractivity contribution is -0.136. The highest BCUT2D eigenvalue weighted by molar-refractivity contribution is 5.92. The first-order valence-electron chi connectivity index (χ1n) is 9.07. The molecule has 0 aliphatic carbocycles. The lowest BCUT2D eigenvalue weighted by Gasteiger charge is -2.31. The van der Waals surface area contributed by atoms with E-state index in [4.69, 9.17) is 9.47 Å². The molecule has 6 heteroatoms. The van der Waals surface area contributed by atoms with Gasteiger partial charge in [-0.2, -0.15) is 0 Å². The van der Waals surface area contributed by atoms with Crippen molar-refractivity contribution in [2.24, 2.45) is 5.92 Å². The number of anilines is 1. The largest absolute Gasteiger partial charge is 0.493 e. The molecular weight excluding hydrogens is 344 g/mol. The molecule has 3 rings (SSSR count). The van der Waals surface area contributed by atoms with Crippen LogP contribution in [-0.2, 0) is 9.59 Å². The molecule has 0 unspecified atom stereocenters. The predicted octanol–water partition coefficient (Wildman–Crippen LogP) is 2.95. The maximum atomic E-state index is 12.4. The molecule has 2 aromatic rings. The number of piperidine rings is 1. The van der Waals surface area contributed by atoms with Gasteiger partial charge < -0.3 is 19.7 Å². The molecule has 27 heavy (non-hydrogen) atoms. The molecule has 1 N–H and O–H groups in total. The highest BCUT2D eigenvalue weighted by Gasteiger charge is 2.27. The first-order valence-corrected chi connectivity index (χ1v) is 9.07. The Morgan fingerprint density at radius 1 is 1.00 bits per heavy atom. The Hall–Kier alpha value is -3.02. The summed E-state index contributed by atoms with van der Waals surface area (Å²) in [6.07, 6.45) is 1.30. The minimum absolute atomic E-state index is 0.0126. The third kappa shape index (κ3) is 5.00. The van der Waals surface area contributed by atoms with Crippen LogP contribution in [0.3, 0.4) is 0 Å². The highest BCUT2D eigenvalue weighted by atomic mass is 16.5. The van der Waals surface area contributed by atoms with Crippen molar-refractivity contribution >= 4 is 17.5 Å². The van der Waals surface area contributed by atoms with Crippen LogP contribution in [0.15, 0.2) is 54.6 Å². The van der Waals surface area contributed by atoms with Gasteiger partial charge in [-0.25, -0.2) is 0 Å². The van der Waals surface area contributed by atoms with Crippen molar-refractivity contribution in [1.82, 2.24) is 4.90 Å². The summed E-state index contributed by atoms with van der Waals surface area (Å²) in [6.45, 7) is 1.07. The Kier molecular flexibility index (Phi) is 6.30. The lowest BCUT2D eigenvalue weighted by atomic mass is 9.95. The minimum Gasteiger partial charge on any atom is -0.493 e. The fourth-order valence-electron chi connectivity index (χ4n) is 3.13. The number of methoxy groups -OCH3 is 1. The number of para-hydroxylation sites is 3. The minimum atomic E-state index is -0.0807. The molecule has 1 heterocycles. The summed E-state index contributed by atoms with van der Waals surface area (Å²) in [4.78, 5) is 26.5. The van der Waals surface area contributed by atoms with Crippen LogP contribution in [0.1, 0.15) is 12.8 Å². The van der Waals surface area contributed by atoms with Gasteiger partial charge >= 0.3 is 0 Å². The number of benzene rings is 2. The summed E-state index contributed by atoms with van der Waals surface area (Å²) >= 11 is 0. The number of likely N-dealkylation sites (tertiary alicyclic amines) is 1. The molecule has 1 fully saturated rings. The summed E-state index contributed by atoms with van der Waals surface area (Å²) in [6, 6.07) is 16.7. The molecule has 0 saturated carbocycles. The third-order valence-corrected chi connectivity index (χ3v) is 4.68. The van der Waals surface area contributed by atoms with Gasteiger partial charge in [0.25, 0.3) is 5.91 Å². The first kappa shape index (κ1) is 18.8. The van der Waals surface area contributed by atoms with E-state index >= 15 is 0 Å². The Labute approximate surface area is 159 Å². The van der Waals surface area contributed by atoms with Gasteiger partial charge in [-0.05, 0) is 37.1 Å². The molecule has 1 aliphatic rings. The zero-order valence-corrected chi connectivity index (χ0v) is 15.4. The molecule has 0 atom stereocenters. The molecule has 2 amide bonds. The van der Waals surface area contributed by atoms with Crippen LogP contribution >= 0.6 is 0 Å². The van der Waals surface area contributed by atoms with E-state index in [1.165, 1.54) is 0 Å². The van der Waals surface area contributed by atoms with Gasteiger partial charge in [0.2, 0.25) is 5.91 Å². The Bertz CT molecular complexity index is 771. The van der Waals surface area contributed by atoms with Crippen molar-refractivity contribution < 1.29 is 19.1 Å². The molecule has 0 spiro atoms. The average Bonchev–Trinajstić information content (AvgIpc) is 2.73. The monoisotopic (exact) mass is 368 g/mol. The molecule has 0 radical (unpaired) electrons. The third-order valence-electron chi connectivity index (χ3n) is 4.68. The van der Waals surface area contributed by atoms with E-state index < -0.39 is 0 Å². The molecule has 2 aromatic carbocycles. The van der Waals surface area contributed by atoms with Crippen LogP contribution in [0.2, 0.25) is 0 Å². The van der Waals surface area contributed by atoms with E-state index in [1.54, 1.807) is 24.1 Å². The lowest BCUT2D eigenvalue weighted by Crippen LogP contribution is -2.43. The van der Waals surface area contributed by atoms with Crippen LogP contribution in [0.5, 0.6) is 11.5 Å². The first-order chi connectivity index (χ1) is 13.2. The number of nitrogens with zero attached hydrogens (tertiary/aromatic N) is 1. The van der Waals surface area contributed by atoms with Gasteiger partial charge in [0.05, 0.1) is 7.11 Å². The van der Waals surface area contributed by atoms with Crippen LogP contribution in [0, 0.1) is 5.92 Å². The maximum Gasteiger partial charge on any atom is 0.260 e. The SMILES string of the molecule is COc1ccccc1OCC(=O)N1CCC(C(=O)Nc2ccccc2)CC1. The number of hydrogen-bond donors (Lipinski definition) is 1. The fourth-order valence-corrected chi connectivity index (χ4v) is 3.13. The van der Waals surface area contributed by atoms with Gasteiger partial charge in [0, 0.05) is 24.7 Å². The molecule has 0 aromatic heterocycles. The summed E-state index contributed by atoms with van der Waals surface area (Å²) in [7, 11) is 1.56. The number of carbonyl (C=O) groups excluding carboxylic acids is 2. The van der Waals surface area contributed by atoms with E-state index in [-0.39, 0.29) is 24.3 Å². The van der Waals surface area contributed by atoms with Gasteiger partial charge in [0.1, 0.15) is 0 Å². The summed E-state index contributed by atoms with van der Waals surface area (Å²) in [5.41, 5.74) is 0.797. The number of nitrogens with one attached hydrogen (secondary N) is 1. The van der Waals surface area contributed by atoms with E-state index in [0.717, 1.165) is 5.69 Å². The molecule has 142 valence electrons. The average molecular weight is 368 g/mol. The quantitative estimate of drug-likeness (QED) is 0.851. The summed E-state index contributed by atoms with van der Waals surface area (Å²) < 4.78 is 10.8. The normalized spacial score (nSPS) is 14.5. The second-order valence-electron chi connectivity index (χ2n) is 6.45. The maximum absolute atomic E-state index is 12.4. The topological polar surface area (TPSA) is 67.9 Å². The van der Waals surface area contributed by atoms with Gasteiger partial charge in [-0.3, -0.25) is 9.59 Å². The number of hydrogen-bond acceptors (Lipinski definition) is 4. The van der Waals surface area contributed by atoms with Crippen LogP contribution in [0.25, 0.3) is 0 Å². The summed E-state index contributed by atoms with van der Waals surface area (Å²) in [5, 5.41) is 2.93. The van der Waals surface area contributed by atoms with Crippen LogP contribution in [0.4, 0.5) is 5.69 Å². The molecule has 0 bridgehead atoms. The predicted molar refractivity (Wildman–Crippen MR) is 103 cm³/mol. The second kappa shape index (κ2) is 9.07. The van der Waals surface area contributed by atoms with Gasteiger partial charge in [-0.15, -0.1) is 0 Å². The van der Waals surface area contributed by atoms with Crippen molar-refractivity contribution in [3.05, 3.63) is 54.6 Å². The Morgan fingerprint density at radius 3 is 2.30 bits per heavy atom. The molecule has 6 nitrogen and oxygen atoms in total. The number of amides is 2. The van der Waals surface area contributed by atoms with E-state index in [0.29, 0.717) is 37.4 Å². The number of ether oxygens (including phenoxy) is 2. The van der Waals surface area contributed by atoms with E-state index in [2.05, 4.69) is 5.32 Å². The molecular formula is C21H24N2O4. The van der Waals surface area contributed by atoms with Crippen LogP contribution in [-0.4, -0.2) is 43.5 Å². The summed E-state index contributed by atoms with van der Waals surface area (Å²) in [5.74, 6) is 0.998. The fraction of sp³-hybridized carbons (Fsp3) is 0.333. The van der Waals surface area contributed by atoms with Crippen molar-refractivity contribution in [3.8, 4) is 11.5 Å².